The fourth-order valence-electron chi connectivity index (χ4n) is 2.58. The summed E-state index contributed by atoms with van der Waals surface area (Å²) in [6.45, 7) is 4.05. The fraction of sp³-hybridized carbons (Fsp3) is 0.471. The van der Waals surface area contributed by atoms with Crippen LogP contribution < -0.4 is 10.1 Å². The minimum absolute atomic E-state index is 0.0372. The highest BCUT2D eigenvalue weighted by atomic mass is 35.5. The Morgan fingerprint density at radius 1 is 1.29 bits per heavy atom. The molecule has 1 aliphatic heterocycles. The molecule has 2 rings (SSSR count). The highest BCUT2D eigenvalue weighted by Gasteiger charge is 2.25. The van der Waals surface area contributed by atoms with Gasteiger partial charge in [0.05, 0.1) is 0 Å². The number of carbonyl (C=O) groups is 3. The topological polar surface area (TPSA) is 75.7 Å². The van der Waals surface area contributed by atoms with E-state index in [1.165, 1.54) is 6.92 Å². The van der Waals surface area contributed by atoms with E-state index in [4.69, 9.17) is 16.3 Å². The van der Waals surface area contributed by atoms with E-state index in [2.05, 4.69) is 5.32 Å². The van der Waals surface area contributed by atoms with E-state index in [0.717, 1.165) is 0 Å². The lowest BCUT2D eigenvalue weighted by atomic mass is 10.0. The highest BCUT2D eigenvalue weighted by Crippen LogP contribution is 2.18. The number of nitrogens with one attached hydrogen (secondary N) is 1. The molecule has 0 aliphatic carbocycles. The normalized spacial score (nSPS) is 16.4. The SMILES string of the molecule is CC(=O)Oc1cccc(C(=O)N2CCC(NC(=O)C(C)Cl)CC2)c1. The predicted molar refractivity (Wildman–Crippen MR) is 90.1 cm³/mol. The largest absolute Gasteiger partial charge is 0.427 e. The van der Waals surface area contributed by atoms with E-state index >= 15 is 0 Å². The molecule has 1 N–H and O–H groups in total. The Labute approximate surface area is 146 Å². The molecule has 7 heteroatoms. The molecule has 130 valence electrons. The van der Waals surface area contributed by atoms with Gasteiger partial charge in [0.15, 0.2) is 0 Å². The number of hydrogen-bond acceptors (Lipinski definition) is 4. The summed E-state index contributed by atoms with van der Waals surface area (Å²) < 4.78 is 5.01. The van der Waals surface area contributed by atoms with Crippen molar-refractivity contribution in [1.29, 1.82) is 0 Å². The first-order chi connectivity index (χ1) is 11.4. The number of benzene rings is 1. The van der Waals surface area contributed by atoms with Crippen LogP contribution in [0.5, 0.6) is 5.75 Å². The molecule has 1 saturated heterocycles. The van der Waals surface area contributed by atoms with Gasteiger partial charge in [-0.15, -0.1) is 11.6 Å². The van der Waals surface area contributed by atoms with Gasteiger partial charge in [-0.25, -0.2) is 0 Å². The van der Waals surface area contributed by atoms with Crippen LogP contribution in [0.25, 0.3) is 0 Å². The zero-order chi connectivity index (χ0) is 17.7. The van der Waals surface area contributed by atoms with Crippen LogP contribution in [0.2, 0.25) is 0 Å². The number of carbonyl (C=O) groups excluding carboxylic acids is 3. The molecular formula is C17H21ClN2O4. The lowest BCUT2D eigenvalue weighted by Crippen LogP contribution is -2.47. The van der Waals surface area contributed by atoms with Crippen molar-refractivity contribution in [1.82, 2.24) is 10.2 Å². The number of esters is 1. The number of piperidine rings is 1. The zero-order valence-electron chi connectivity index (χ0n) is 13.8. The molecule has 1 aromatic carbocycles. The van der Waals surface area contributed by atoms with Crippen LogP contribution in [0.15, 0.2) is 24.3 Å². The van der Waals surface area contributed by atoms with Crippen molar-refractivity contribution in [2.24, 2.45) is 0 Å². The van der Waals surface area contributed by atoms with Gasteiger partial charge in [-0.2, -0.15) is 0 Å². The number of rotatable bonds is 4. The number of alkyl halides is 1. The van der Waals surface area contributed by atoms with Crippen LogP contribution >= 0.6 is 11.6 Å². The van der Waals surface area contributed by atoms with Crippen LogP contribution in [-0.2, 0) is 9.59 Å². The monoisotopic (exact) mass is 352 g/mol. The first-order valence-corrected chi connectivity index (χ1v) is 8.32. The van der Waals surface area contributed by atoms with Crippen LogP contribution in [0, 0.1) is 0 Å². The van der Waals surface area contributed by atoms with E-state index in [1.54, 1.807) is 36.1 Å². The molecule has 1 aliphatic rings. The molecule has 24 heavy (non-hydrogen) atoms. The molecule has 1 heterocycles. The lowest BCUT2D eigenvalue weighted by molar-refractivity contribution is -0.131. The summed E-state index contributed by atoms with van der Waals surface area (Å²) in [4.78, 5) is 36.9. The third-order valence-electron chi connectivity index (χ3n) is 3.83. The second-order valence-corrected chi connectivity index (χ2v) is 6.47. The number of amides is 2. The summed E-state index contributed by atoms with van der Waals surface area (Å²) in [6, 6.07) is 6.61. The Morgan fingerprint density at radius 2 is 1.96 bits per heavy atom. The molecule has 1 aromatic rings. The van der Waals surface area contributed by atoms with E-state index in [0.29, 0.717) is 37.2 Å². The maximum Gasteiger partial charge on any atom is 0.308 e. The summed E-state index contributed by atoms with van der Waals surface area (Å²) in [7, 11) is 0. The van der Waals surface area contributed by atoms with Gasteiger partial charge in [-0.05, 0) is 38.0 Å². The molecule has 0 bridgehead atoms. The smallest absolute Gasteiger partial charge is 0.308 e. The van der Waals surface area contributed by atoms with Gasteiger partial charge in [0.1, 0.15) is 11.1 Å². The van der Waals surface area contributed by atoms with E-state index in [-0.39, 0.29) is 17.9 Å². The molecule has 0 spiro atoms. The summed E-state index contributed by atoms with van der Waals surface area (Å²) in [5.74, 6) is -0.369. The average molecular weight is 353 g/mol. The van der Waals surface area contributed by atoms with E-state index in [9.17, 15) is 14.4 Å². The maximum absolute atomic E-state index is 12.6. The Bertz CT molecular complexity index is 625. The van der Waals surface area contributed by atoms with Gasteiger partial charge >= 0.3 is 5.97 Å². The summed E-state index contributed by atoms with van der Waals surface area (Å²) in [5, 5.41) is 2.32. The number of nitrogens with zero attached hydrogens (tertiary/aromatic N) is 1. The van der Waals surface area contributed by atoms with Gasteiger partial charge in [0.2, 0.25) is 5.91 Å². The molecule has 0 radical (unpaired) electrons. The van der Waals surface area contributed by atoms with Crippen molar-refractivity contribution in [3.05, 3.63) is 29.8 Å². The fourth-order valence-corrected chi connectivity index (χ4v) is 2.65. The van der Waals surface area contributed by atoms with Crippen molar-refractivity contribution >= 4 is 29.4 Å². The van der Waals surface area contributed by atoms with Gasteiger partial charge in [0, 0.05) is 31.6 Å². The Kier molecular flexibility index (Phi) is 6.20. The summed E-state index contributed by atoms with van der Waals surface area (Å²) in [5.41, 5.74) is 0.477. The molecule has 6 nitrogen and oxygen atoms in total. The van der Waals surface area contributed by atoms with E-state index < -0.39 is 11.3 Å². The van der Waals surface area contributed by atoms with Crippen molar-refractivity contribution in [2.75, 3.05) is 13.1 Å². The molecule has 1 unspecified atom stereocenters. The second-order valence-electron chi connectivity index (χ2n) is 5.81. The number of halogens is 1. The van der Waals surface area contributed by atoms with Gasteiger partial charge in [-0.1, -0.05) is 6.07 Å². The highest BCUT2D eigenvalue weighted by molar-refractivity contribution is 6.30. The van der Waals surface area contributed by atoms with Gasteiger partial charge in [-0.3, -0.25) is 14.4 Å². The number of likely N-dealkylation sites (tertiary alicyclic amines) is 1. The van der Waals surface area contributed by atoms with Crippen LogP contribution in [-0.4, -0.2) is 47.2 Å². The third kappa shape index (κ3) is 4.96. The van der Waals surface area contributed by atoms with Crippen LogP contribution in [0.1, 0.15) is 37.0 Å². The van der Waals surface area contributed by atoms with Crippen molar-refractivity contribution < 1.29 is 19.1 Å². The Morgan fingerprint density at radius 3 is 2.54 bits per heavy atom. The van der Waals surface area contributed by atoms with Crippen molar-refractivity contribution in [2.45, 2.75) is 38.1 Å². The van der Waals surface area contributed by atoms with Crippen LogP contribution in [0.4, 0.5) is 0 Å². The Balaban J connectivity index is 1.93. The van der Waals surface area contributed by atoms with Crippen molar-refractivity contribution in [3.63, 3.8) is 0 Å². The minimum atomic E-state index is -0.561. The number of ether oxygens (including phenoxy) is 1. The summed E-state index contributed by atoms with van der Waals surface area (Å²) >= 11 is 5.74. The maximum atomic E-state index is 12.6. The Hall–Kier alpha value is -2.08. The van der Waals surface area contributed by atoms with E-state index in [1.807, 2.05) is 0 Å². The molecular weight excluding hydrogens is 332 g/mol. The first-order valence-electron chi connectivity index (χ1n) is 7.89. The zero-order valence-corrected chi connectivity index (χ0v) is 14.5. The lowest BCUT2D eigenvalue weighted by Gasteiger charge is -2.32. The quantitative estimate of drug-likeness (QED) is 0.510. The molecule has 1 fully saturated rings. The molecule has 0 aromatic heterocycles. The minimum Gasteiger partial charge on any atom is -0.427 e. The molecule has 1 atom stereocenters. The third-order valence-corrected chi connectivity index (χ3v) is 4.03. The average Bonchev–Trinajstić information content (AvgIpc) is 2.54. The van der Waals surface area contributed by atoms with Gasteiger partial charge in [0.25, 0.3) is 5.91 Å². The molecule has 0 saturated carbocycles. The van der Waals surface area contributed by atoms with Gasteiger partial charge < -0.3 is 15.0 Å². The predicted octanol–water partition coefficient (Wildman–Crippen LogP) is 1.96. The standard InChI is InChI=1S/C17H21ClN2O4/c1-11(18)16(22)19-14-6-8-20(9-7-14)17(23)13-4-3-5-15(10-13)24-12(2)21/h3-5,10-11,14H,6-9H2,1-2H3,(H,19,22). The number of hydrogen-bond donors (Lipinski definition) is 1. The molecule has 2 amide bonds. The van der Waals surface area contributed by atoms with Crippen LogP contribution in [0.3, 0.4) is 0 Å². The second kappa shape index (κ2) is 8.15. The summed E-state index contributed by atoms with van der Waals surface area (Å²) in [6.07, 6.45) is 1.37. The van der Waals surface area contributed by atoms with Crippen molar-refractivity contribution in [3.8, 4) is 5.75 Å². The first kappa shape index (κ1) is 18.3.